The number of aryl methyl sites for hydroxylation is 1. The van der Waals surface area contributed by atoms with Crippen LogP contribution in [-0.4, -0.2) is 51.7 Å². The summed E-state index contributed by atoms with van der Waals surface area (Å²) >= 11 is 0. The number of anilines is 3. The highest BCUT2D eigenvalue weighted by atomic mass is 16.5. The Balaban J connectivity index is 1.64. The molecule has 4 rings (SSSR count). The molecule has 1 amide bonds. The molecule has 1 saturated heterocycles. The minimum atomic E-state index is 0.148. The highest BCUT2D eigenvalue weighted by Crippen LogP contribution is 2.33. The van der Waals surface area contributed by atoms with Crippen LogP contribution >= 0.6 is 0 Å². The van der Waals surface area contributed by atoms with Crippen LogP contribution in [0, 0.1) is 6.92 Å². The molecule has 6 nitrogen and oxygen atoms in total. The number of rotatable bonds is 5. The first-order valence-electron chi connectivity index (χ1n) is 10.9. The minimum absolute atomic E-state index is 0.148. The lowest BCUT2D eigenvalue weighted by Crippen LogP contribution is -2.33. The normalized spacial score (nSPS) is 14.3. The summed E-state index contributed by atoms with van der Waals surface area (Å²) in [5.74, 6) is 0.724. The predicted octanol–water partition coefficient (Wildman–Crippen LogP) is 4.37. The number of carbonyl (C=O) groups excluding carboxylic acids is 1. The Morgan fingerprint density at radius 1 is 0.906 bits per heavy atom. The average molecular weight is 431 g/mol. The fraction of sp³-hybridized carbons (Fsp3) is 0.308. The van der Waals surface area contributed by atoms with E-state index in [9.17, 15) is 4.79 Å². The van der Waals surface area contributed by atoms with Crippen molar-refractivity contribution in [1.29, 1.82) is 0 Å². The monoisotopic (exact) mass is 430 g/mol. The molecular weight excluding hydrogens is 400 g/mol. The van der Waals surface area contributed by atoms with Crippen molar-refractivity contribution in [3.8, 4) is 17.1 Å². The summed E-state index contributed by atoms with van der Waals surface area (Å²) in [6.07, 6.45) is 0.457. The second-order valence-electron chi connectivity index (χ2n) is 8.28. The van der Waals surface area contributed by atoms with Crippen molar-refractivity contribution in [2.24, 2.45) is 0 Å². The number of methoxy groups -OCH3 is 1. The Hall–Kier alpha value is -3.54. The second kappa shape index (κ2) is 9.30. The molecule has 1 aromatic heterocycles. The molecule has 0 bridgehead atoms. The molecule has 0 atom stereocenters. The first kappa shape index (κ1) is 21.7. The zero-order valence-corrected chi connectivity index (χ0v) is 19.2. The Labute approximate surface area is 190 Å². The van der Waals surface area contributed by atoms with Gasteiger partial charge in [-0.05, 0) is 37.3 Å². The van der Waals surface area contributed by atoms with Gasteiger partial charge in [0.15, 0.2) is 0 Å². The number of aromatic nitrogens is 1. The van der Waals surface area contributed by atoms with Crippen LogP contribution in [0.15, 0.2) is 60.7 Å². The number of pyridine rings is 1. The molecule has 1 aliphatic rings. The van der Waals surface area contributed by atoms with Crippen LogP contribution in [-0.2, 0) is 4.79 Å². The van der Waals surface area contributed by atoms with Crippen molar-refractivity contribution in [2.45, 2.75) is 13.3 Å². The second-order valence-corrected chi connectivity index (χ2v) is 8.28. The van der Waals surface area contributed by atoms with E-state index in [1.165, 1.54) is 5.56 Å². The zero-order valence-electron chi connectivity index (χ0n) is 19.2. The van der Waals surface area contributed by atoms with E-state index in [4.69, 9.17) is 9.72 Å². The Kier molecular flexibility index (Phi) is 6.30. The number of ether oxygens (including phenoxy) is 1. The van der Waals surface area contributed by atoms with Crippen LogP contribution in [0.3, 0.4) is 0 Å². The highest BCUT2D eigenvalue weighted by Gasteiger charge is 2.24. The van der Waals surface area contributed by atoms with Gasteiger partial charge in [0.2, 0.25) is 11.8 Å². The van der Waals surface area contributed by atoms with E-state index in [1.54, 1.807) is 7.11 Å². The number of nitrogens with zero attached hydrogens (tertiary/aromatic N) is 4. The summed E-state index contributed by atoms with van der Waals surface area (Å²) in [7, 11) is 5.68. The van der Waals surface area contributed by atoms with Crippen molar-refractivity contribution in [2.75, 3.05) is 55.5 Å². The van der Waals surface area contributed by atoms with Crippen molar-refractivity contribution in [3.05, 3.63) is 66.2 Å². The number of benzene rings is 2. The SMILES string of the molecule is COc1ccc(N2CCC(=O)N(c3ccc(C)cc3)CC2)c(-c2ccc(N(C)C)cc2)n1. The van der Waals surface area contributed by atoms with E-state index in [0.29, 0.717) is 25.4 Å². The third kappa shape index (κ3) is 4.54. The predicted molar refractivity (Wildman–Crippen MR) is 131 cm³/mol. The lowest BCUT2D eigenvalue weighted by molar-refractivity contribution is -0.118. The van der Waals surface area contributed by atoms with Gasteiger partial charge in [-0.3, -0.25) is 4.79 Å². The maximum absolute atomic E-state index is 12.9. The third-order valence-corrected chi connectivity index (χ3v) is 5.89. The molecule has 1 aliphatic heterocycles. The lowest BCUT2D eigenvalue weighted by atomic mass is 10.1. The minimum Gasteiger partial charge on any atom is -0.481 e. The van der Waals surface area contributed by atoms with Crippen LogP contribution in [0.25, 0.3) is 11.3 Å². The molecule has 0 aliphatic carbocycles. The van der Waals surface area contributed by atoms with E-state index in [1.807, 2.05) is 55.4 Å². The molecule has 2 aromatic carbocycles. The number of hydrogen-bond donors (Lipinski definition) is 0. The van der Waals surface area contributed by atoms with E-state index in [-0.39, 0.29) is 5.91 Å². The molecule has 0 spiro atoms. The van der Waals surface area contributed by atoms with E-state index in [0.717, 1.165) is 34.9 Å². The Bertz CT molecular complexity index is 1080. The number of hydrogen-bond acceptors (Lipinski definition) is 5. The molecule has 32 heavy (non-hydrogen) atoms. The highest BCUT2D eigenvalue weighted by molar-refractivity contribution is 5.94. The van der Waals surface area contributed by atoms with Gasteiger partial charge in [0.05, 0.1) is 18.5 Å². The largest absolute Gasteiger partial charge is 0.481 e. The molecule has 0 unspecified atom stereocenters. The van der Waals surface area contributed by atoms with Gasteiger partial charge in [-0.25, -0.2) is 4.98 Å². The van der Waals surface area contributed by atoms with E-state index >= 15 is 0 Å². The topological polar surface area (TPSA) is 48.9 Å². The van der Waals surface area contributed by atoms with Gasteiger partial charge in [0.1, 0.15) is 0 Å². The zero-order chi connectivity index (χ0) is 22.7. The van der Waals surface area contributed by atoms with Crippen LogP contribution in [0.1, 0.15) is 12.0 Å². The van der Waals surface area contributed by atoms with Gasteiger partial charge in [0.25, 0.3) is 0 Å². The summed E-state index contributed by atoms with van der Waals surface area (Å²) in [5, 5.41) is 0. The Morgan fingerprint density at radius 2 is 1.62 bits per heavy atom. The van der Waals surface area contributed by atoms with Gasteiger partial charge in [0, 0.05) is 63.2 Å². The maximum Gasteiger partial charge on any atom is 0.228 e. The van der Waals surface area contributed by atoms with Crippen LogP contribution in [0.2, 0.25) is 0 Å². The Morgan fingerprint density at radius 3 is 2.28 bits per heavy atom. The molecule has 166 valence electrons. The molecule has 2 heterocycles. The standard InChI is InChI=1S/C26H30N4O2/c1-19-5-9-22(10-6-19)30-18-17-29(16-15-25(30)31)23-13-14-24(32-4)27-26(23)20-7-11-21(12-8-20)28(2)3/h5-14H,15-18H2,1-4H3. The van der Waals surface area contributed by atoms with Crippen molar-refractivity contribution >= 4 is 23.0 Å². The van der Waals surface area contributed by atoms with Gasteiger partial charge in [-0.2, -0.15) is 0 Å². The number of amides is 1. The van der Waals surface area contributed by atoms with Crippen LogP contribution < -0.4 is 19.4 Å². The van der Waals surface area contributed by atoms with Crippen molar-refractivity contribution in [3.63, 3.8) is 0 Å². The average Bonchev–Trinajstić information content (AvgIpc) is 3.01. The van der Waals surface area contributed by atoms with Crippen LogP contribution in [0.4, 0.5) is 17.1 Å². The van der Waals surface area contributed by atoms with Crippen molar-refractivity contribution in [1.82, 2.24) is 4.98 Å². The molecule has 1 fully saturated rings. The molecule has 0 radical (unpaired) electrons. The summed E-state index contributed by atoms with van der Waals surface area (Å²) in [4.78, 5) is 23.9. The summed E-state index contributed by atoms with van der Waals surface area (Å²) < 4.78 is 5.41. The van der Waals surface area contributed by atoms with E-state index in [2.05, 4.69) is 41.0 Å². The van der Waals surface area contributed by atoms with Gasteiger partial charge in [-0.15, -0.1) is 0 Å². The molecular formula is C26H30N4O2. The van der Waals surface area contributed by atoms with Gasteiger partial charge < -0.3 is 19.4 Å². The first-order valence-corrected chi connectivity index (χ1v) is 10.9. The fourth-order valence-electron chi connectivity index (χ4n) is 3.99. The first-order chi connectivity index (χ1) is 15.5. The van der Waals surface area contributed by atoms with Gasteiger partial charge >= 0.3 is 0 Å². The fourth-order valence-corrected chi connectivity index (χ4v) is 3.99. The smallest absolute Gasteiger partial charge is 0.228 e. The van der Waals surface area contributed by atoms with E-state index < -0.39 is 0 Å². The molecule has 6 heteroatoms. The molecule has 3 aromatic rings. The summed E-state index contributed by atoms with van der Waals surface area (Å²) in [5.41, 5.74) is 6.18. The van der Waals surface area contributed by atoms with Crippen LogP contribution in [0.5, 0.6) is 5.88 Å². The van der Waals surface area contributed by atoms with Gasteiger partial charge in [-0.1, -0.05) is 29.8 Å². The summed E-state index contributed by atoms with van der Waals surface area (Å²) in [6, 6.07) is 20.4. The lowest BCUT2D eigenvalue weighted by Gasteiger charge is -2.26. The molecule has 0 saturated carbocycles. The van der Waals surface area contributed by atoms with Crippen molar-refractivity contribution < 1.29 is 9.53 Å². The third-order valence-electron chi connectivity index (χ3n) is 5.89. The summed E-state index contributed by atoms with van der Waals surface area (Å²) in [6.45, 7) is 4.07. The molecule has 0 N–H and O–H groups in total. The number of carbonyl (C=O) groups is 1. The maximum atomic E-state index is 12.9. The quantitative estimate of drug-likeness (QED) is 0.601.